The van der Waals surface area contributed by atoms with Crippen LogP contribution in [0.15, 0.2) is 53.0 Å². The standard InChI is InChI=1S/C16H18BrFN2/c1-20(12-13-4-2-3-5-16(13)17)11-10-19-15-8-6-14(18)7-9-15/h2-9,19H,10-12H2,1H3. The zero-order chi connectivity index (χ0) is 14.4. The molecule has 0 amide bonds. The molecule has 2 aromatic carbocycles. The number of hydrogen-bond donors (Lipinski definition) is 1. The van der Waals surface area contributed by atoms with Gasteiger partial charge >= 0.3 is 0 Å². The van der Waals surface area contributed by atoms with Crippen molar-refractivity contribution in [2.24, 2.45) is 0 Å². The molecule has 0 saturated heterocycles. The normalized spacial score (nSPS) is 10.8. The van der Waals surface area contributed by atoms with Gasteiger partial charge in [-0.05, 0) is 42.9 Å². The lowest BCUT2D eigenvalue weighted by Crippen LogP contribution is -2.24. The average Bonchev–Trinajstić information content (AvgIpc) is 2.44. The number of nitrogens with zero attached hydrogens (tertiary/aromatic N) is 1. The molecule has 4 heteroatoms. The number of halogens is 2. The third-order valence-electron chi connectivity index (χ3n) is 3.06. The van der Waals surface area contributed by atoms with E-state index in [1.807, 2.05) is 12.1 Å². The smallest absolute Gasteiger partial charge is 0.123 e. The van der Waals surface area contributed by atoms with Gasteiger partial charge in [0, 0.05) is 29.8 Å². The van der Waals surface area contributed by atoms with E-state index in [0.29, 0.717) is 0 Å². The van der Waals surface area contributed by atoms with Crippen molar-refractivity contribution >= 4 is 21.6 Å². The van der Waals surface area contributed by atoms with Gasteiger partial charge in [0.2, 0.25) is 0 Å². The highest BCUT2D eigenvalue weighted by atomic mass is 79.9. The van der Waals surface area contributed by atoms with E-state index in [2.05, 4.69) is 45.3 Å². The van der Waals surface area contributed by atoms with E-state index in [1.165, 1.54) is 17.7 Å². The van der Waals surface area contributed by atoms with Crippen LogP contribution in [-0.4, -0.2) is 25.0 Å². The summed E-state index contributed by atoms with van der Waals surface area (Å²) in [5.41, 5.74) is 2.22. The molecule has 0 aromatic heterocycles. The highest BCUT2D eigenvalue weighted by molar-refractivity contribution is 9.10. The Hall–Kier alpha value is -1.39. The van der Waals surface area contributed by atoms with E-state index < -0.39 is 0 Å². The molecule has 2 aromatic rings. The Bertz CT molecular complexity index is 542. The Morgan fingerprint density at radius 2 is 1.80 bits per heavy atom. The lowest BCUT2D eigenvalue weighted by Gasteiger charge is -2.18. The zero-order valence-electron chi connectivity index (χ0n) is 11.4. The summed E-state index contributed by atoms with van der Waals surface area (Å²) < 4.78 is 13.9. The lowest BCUT2D eigenvalue weighted by atomic mass is 10.2. The Kier molecular flexibility index (Phi) is 5.56. The molecule has 0 bridgehead atoms. The molecule has 0 radical (unpaired) electrons. The Morgan fingerprint density at radius 3 is 2.50 bits per heavy atom. The molecule has 106 valence electrons. The van der Waals surface area contributed by atoms with Crippen LogP contribution in [0, 0.1) is 5.82 Å². The number of rotatable bonds is 6. The van der Waals surface area contributed by atoms with Gasteiger partial charge in [-0.15, -0.1) is 0 Å². The largest absolute Gasteiger partial charge is 0.384 e. The molecule has 0 spiro atoms. The van der Waals surface area contributed by atoms with Crippen LogP contribution in [0.25, 0.3) is 0 Å². The molecule has 0 fully saturated rings. The molecular formula is C16H18BrFN2. The van der Waals surface area contributed by atoms with Crippen molar-refractivity contribution in [2.45, 2.75) is 6.54 Å². The molecule has 0 aliphatic carbocycles. The minimum atomic E-state index is -0.207. The molecule has 1 N–H and O–H groups in total. The van der Waals surface area contributed by atoms with Crippen LogP contribution in [0.4, 0.5) is 10.1 Å². The van der Waals surface area contributed by atoms with Gasteiger partial charge in [-0.1, -0.05) is 34.1 Å². The molecular weight excluding hydrogens is 319 g/mol. The van der Waals surface area contributed by atoms with Crippen molar-refractivity contribution in [2.75, 3.05) is 25.5 Å². The molecule has 20 heavy (non-hydrogen) atoms. The fraction of sp³-hybridized carbons (Fsp3) is 0.250. The van der Waals surface area contributed by atoms with E-state index in [1.54, 1.807) is 12.1 Å². The summed E-state index contributed by atoms with van der Waals surface area (Å²) in [6.45, 7) is 2.64. The average molecular weight is 337 g/mol. The van der Waals surface area contributed by atoms with Gasteiger partial charge in [-0.25, -0.2) is 4.39 Å². The minimum absolute atomic E-state index is 0.207. The van der Waals surface area contributed by atoms with Gasteiger partial charge in [0.25, 0.3) is 0 Å². The molecule has 0 aliphatic rings. The van der Waals surface area contributed by atoms with Crippen molar-refractivity contribution < 1.29 is 4.39 Å². The maximum Gasteiger partial charge on any atom is 0.123 e. The third kappa shape index (κ3) is 4.62. The summed E-state index contributed by atoms with van der Waals surface area (Å²) in [5, 5.41) is 3.28. The van der Waals surface area contributed by atoms with Crippen LogP contribution < -0.4 is 5.32 Å². The van der Waals surface area contributed by atoms with Gasteiger partial charge in [0.1, 0.15) is 5.82 Å². The Labute approximate surface area is 127 Å². The van der Waals surface area contributed by atoms with E-state index in [4.69, 9.17) is 0 Å². The van der Waals surface area contributed by atoms with Crippen molar-refractivity contribution in [3.05, 3.63) is 64.4 Å². The van der Waals surface area contributed by atoms with Crippen LogP contribution in [0.2, 0.25) is 0 Å². The van der Waals surface area contributed by atoms with E-state index in [9.17, 15) is 4.39 Å². The Balaban J connectivity index is 1.76. The summed E-state index contributed by atoms with van der Waals surface area (Å²) in [7, 11) is 2.09. The SMILES string of the molecule is CN(CCNc1ccc(F)cc1)Cc1ccccc1Br. The maximum absolute atomic E-state index is 12.8. The number of nitrogens with one attached hydrogen (secondary N) is 1. The monoisotopic (exact) mass is 336 g/mol. The highest BCUT2D eigenvalue weighted by Gasteiger charge is 2.03. The van der Waals surface area contributed by atoms with Crippen LogP contribution in [0.1, 0.15) is 5.56 Å². The first-order valence-corrected chi connectivity index (χ1v) is 7.36. The molecule has 0 unspecified atom stereocenters. The number of anilines is 1. The first-order chi connectivity index (χ1) is 9.65. The summed E-state index contributed by atoms with van der Waals surface area (Å²) in [6, 6.07) is 14.7. The second-order valence-corrected chi connectivity index (χ2v) is 5.62. The second-order valence-electron chi connectivity index (χ2n) is 4.76. The van der Waals surface area contributed by atoms with Gasteiger partial charge in [-0.2, -0.15) is 0 Å². The summed E-state index contributed by atoms with van der Waals surface area (Å²) >= 11 is 3.56. The molecule has 0 aliphatic heterocycles. The first kappa shape index (κ1) is 15.0. The highest BCUT2D eigenvalue weighted by Crippen LogP contribution is 2.17. The first-order valence-electron chi connectivity index (χ1n) is 6.56. The summed E-state index contributed by atoms with van der Waals surface area (Å²) in [4.78, 5) is 2.25. The fourth-order valence-electron chi connectivity index (χ4n) is 1.96. The second kappa shape index (κ2) is 7.41. The van der Waals surface area contributed by atoms with E-state index in [0.717, 1.165) is 29.8 Å². The quantitative estimate of drug-likeness (QED) is 0.853. The topological polar surface area (TPSA) is 15.3 Å². The molecule has 2 nitrogen and oxygen atoms in total. The van der Waals surface area contributed by atoms with Gasteiger partial charge in [0.15, 0.2) is 0 Å². The lowest BCUT2D eigenvalue weighted by molar-refractivity contribution is 0.339. The number of likely N-dealkylation sites (N-methyl/N-ethyl adjacent to an activating group) is 1. The van der Waals surface area contributed by atoms with Crippen molar-refractivity contribution in [3.63, 3.8) is 0 Å². The predicted molar refractivity (Wildman–Crippen MR) is 85.4 cm³/mol. The van der Waals surface area contributed by atoms with Crippen LogP contribution in [0.3, 0.4) is 0 Å². The fourth-order valence-corrected chi connectivity index (χ4v) is 2.37. The summed E-state index contributed by atoms with van der Waals surface area (Å²) in [5.74, 6) is -0.207. The number of benzene rings is 2. The molecule has 2 rings (SSSR count). The third-order valence-corrected chi connectivity index (χ3v) is 3.84. The number of hydrogen-bond acceptors (Lipinski definition) is 2. The zero-order valence-corrected chi connectivity index (χ0v) is 13.0. The van der Waals surface area contributed by atoms with E-state index >= 15 is 0 Å². The van der Waals surface area contributed by atoms with Crippen LogP contribution >= 0.6 is 15.9 Å². The van der Waals surface area contributed by atoms with Crippen LogP contribution in [0.5, 0.6) is 0 Å². The van der Waals surface area contributed by atoms with Crippen LogP contribution in [-0.2, 0) is 6.54 Å². The maximum atomic E-state index is 12.8. The van der Waals surface area contributed by atoms with Gasteiger partial charge in [0.05, 0.1) is 0 Å². The summed E-state index contributed by atoms with van der Waals surface area (Å²) in [6.07, 6.45) is 0. The van der Waals surface area contributed by atoms with Gasteiger partial charge < -0.3 is 10.2 Å². The molecule has 0 atom stereocenters. The van der Waals surface area contributed by atoms with Crippen molar-refractivity contribution in [3.8, 4) is 0 Å². The van der Waals surface area contributed by atoms with Crippen molar-refractivity contribution in [1.82, 2.24) is 4.90 Å². The molecule has 0 heterocycles. The van der Waals surface area contributed by atoms with E-state index in [-0.39, 0.29) is 5.82 Å². The Morgan fingerprint density at radius 1 is 1.10 bits per heavy atom. The van der Waals surface area contributed by atoms with Crippen molar-refractivity contribution in [1.29, 1.82) is 0 Å². The van der Waals surface area contributed by atoms with Gasteiger partial charge in [-0.3, -0.25) is 0 Å². The predicted octanol–water partition coefficient (Wildman–Crippen LogP) is 4.13. The molecule has 0 saturated carbocycles. The minimum Gasteiger partial charge on any atom is -0.384 e.